The second-order valence-electron chi connectivity index (χ2n) is 3.09. The summed E-state index contributed by atoms with van der Waals surface area (Å²) >= 11 is 0. The maximum Gasteiger partial charge on any atom is 0.245 e. The Bertz CT molecular complexity index is 289. The third kappa shape index (κ3) is 2.05. The third-order valence-corrected chi connectivity index (χ3v) is 2.12. The average Bonchev–Trinajstić information content (AvgIpc) is 2.08. The Morgan fingerprint density at radius 2 is 2.31 bits per heavy atom. The van der Waals surface area contributed by atoms with E-state index in [4.69, 9.17) is 5.73 Å². The monoisotopic (exact) mass is 179 g/mol. The molecule has 1 atom stereocenters. The largest absolute Gasteiger partial charge is 0.366 e. The van der Waals surface area contributed by atoms with Crippen LogP contribution in [0.3, 0.4) is 0 Å². The van der Waals surface area contributed by atoms with Crippen molar-refractivity contribution in [1.82, 2.24) is 0 Å². The van der Waals surface area contributed by atoms with E-state index in [1.807, 2.05) is 6.92 Å². The van der Waals surface area contributed by atoms with Gasteiger partial charge in [-0.3, -0.25) is 9.59 Å². The lowest BCUT2D eigenvalue weighted by Crippen LogP contribution is -2.26. The molecule has 0 aromatic heterocycles. The minimum Gasteiger partial charge on any atom is -0.366 e. The summed E-state index contributed by atoms with van der Waals surface area (Å²) in [5.74, 6) is -0.818. The number of carbonyl (C=O) groups excluding carboxylic acids is 2. The van der Waals surface area contributed by atoms with E-state index in [-0.39, 0.29) is 11.7 Å². The molecule has 0 saturated carbocycles. The molecule has 1 aliphatic carbocycles. The number of hydrogen-bond donors (Lipinski definition) is 1. The Hall–Kier alpha value is -1.38. The standard InChI is InChI=1S/C10H13NO2/c1-2-4-7-8(10(11)13)5-3-6-9(7)12/h3,5-7H,2,4H2,1H3,(H2,11,13). The summed E-state index contributed by atoms with van der Waals surface area (Å²) in [6.45, 7) is 1.98. The molecule has 3 nitrogen and oxygen atoms in total. The van der Waals surface area contributed by atoms with Crippen LogP contribution in [-0.2, 0) is 9.59 Å². The van der Waals surface area contributed by atoms with Crippen molar-refractivity contribution in [2.45, 2.75) is 19.8 Å². The highest BCUT2D eigenvalue weighted by molar-refractivity contribution is 6.05. The SMILES string of the molecule is CCCC1C(=O)C=CC=C1C(N)=O. The van der Waals surface area contributed by atoms with Gasteiger partial charge in [-0.05, 0) is 12.5 Å². The average molecular weight is 179 g/mol. The van der Waals surface area contributed by atoms with Gasteiger partial charge in [-0.2, -0.15) is 0 Å². The van der Waals surface area contributed by atoms with Crippen LogP contribution in [0.25, 0.3) is 0 Å². The van der Waals surface area contributed by atoms with Crippen LogP contribution in [0, 0.1) is 5.92 Å². The van der Waals surface area contributed by atoms with Crippen molar-refractivity contribution in [3.8, 4) is 0 Å². The zero-order chi connectivity index (χ0) is 9.84. The molecule has 70 valence electrons. The summed E-state index contributed by atoms with van der Waals surface area (Å²) in [5.41, 5.74) is 5.60. The second kappa shape index (κ2) is 4.03. The van der Waals surface area contributed by atoms with E-state index in [2.05, 4.69) is 0 Å². The first-order chi connectivity index (χ1) is 6.16. The van der Waals surface area contributed by atoms with Crippen molar-refractivity contribution in [3.05, 3.63) is 23.8 Å². The summed E-state index contributed by atoms with van der Waals surface area (Å²) in [4.78, 5) is 22.3. The van der Waals surface area contributed by atoms with E-state index in [0.717, 1.165) is 6.42 Å². The fraction of sp³-hybridized carbons (Fsp3) is 0.400. The highest BCUT2D eigenvalue weighted by Gasteiger charge is 2.25. The Labute approximate surface area is 77.3 Å². The number of carbonyl (C=O) groups is 2. The van der Waals surface area contributed by atoms with Gasteiger partial charge in [-0.15, -0.1) is 0 Å². The van der Waals surface area contributed by atoms with Gasteiger partial charge in [0.05, 0.1) is 5.92 Å². The zero-order valence-electron chi connectivity index (χ0n) is 7.62. The number of amides is 1. The smallest absolute Gasteiger partial charge is 0.245 e. The van der Waals surface area contributed by atoms with Crippen molar-refractivity contribution < 1.29 is 9.59 Å². The number of nitrogens with two attached hydrogens (primary N) is 1. The van der Waals surface area contributed by atoms with Crippen molar-refractivity contribution in [2.75, 3.05) is 0 Å². The van der Waals surface area contributed by atoms with Crippen molar-refractivity contribution in [1.29, 1.82) is 0 Å². The highest BCUT2D eigenvalue weighted by atomic mass is 16.1. The summed E-state index contributed by atoms with van der Waals surface area (Å²) in [5, 5.41) is 0. The summed E-state index contributed by atoms with van der Waals surface area (Å²) in [6.07, 6.45) is 6.26. The van der Waals surface area contributed by atoms with Gasteiger partial charge < -0.3 is 5.73 Å². The lowest BCUT2D eigenvalue weighted by Gasteiger charge is -2.16. The van der Waals surface area contributed by atoms with Crippen LogP contribution in [0.4, 0.5) is 0 Å². The van der Waals surface area contributed by atoms with E-state index in [1.165, 1.54) is 6.08 Å². The molecule has 0 aromatic rings. The van der Waals surface area contributed by atoms with Crippen LogP contribution in [0.5, 0.6) is 0 Å². The number of rotatable bonds is 3. The first kappa shape index (κ1) is 9.71. The molecule has 0 aliphatic heterocycles. The molecule has 1 amide bonds. The van der Waals surface area contributed by atoms with Crippen LogP contribution in [0.15, 0.2) is 23.8 Å². The van der Waals surface area contributed by atoms with Crippen molar-refractivity contribution in [3.63, 3.8) is 0 Å². The molecular formula is C10H13NO2. The van der Waals surface area contributed by atoms with Gasteiger partial charge in [0.15, 0.2) is 5.78 Å². The van der Waals surface area contributed by atoms with Crippen LogP contribution >= 0.6 is 0 Å². The molecule has 2 N–H and O–H groups in total. The molecule has 1 rings (SSSR count). The van der Waals surface area contributed by atoms with Gasteiger partial charge in [0.25, 0.3) is 0 Å². The van der Waals surface area contributed by atoms with Crippen molar-refractivity contribution in [2.24, 2.45) is 11.7 Å². The van der Waals surface area contributed by atoms with E-state index in [9.17, 15) is 9.59 Å². The minimum absolute atomic E-state index is 0.0156. The number of primary amides is 1. The summed E-state index contributed by atoms with van der Waals surface area (Å²) in [7, 11) is 0. The molecule has 13 heavy (non-hydrogen) atoms. The maximum atomic E-state index is 11.4. The Balaban J connectivity index is 2.88. The first-order valence-corrected chi connectivity index (χ1v) is 4.38. The summed E-state index contributed by atoms with van der Waals surface area (Å²) in [6, 6.07) is 0. The molecule has 0 heterocycles. The van der Waals surface area contributed by atoms with Gasteiger partial charge in [-0.1, -0.05) is 25.5 Å². The molecule has 0 aromatic carbocycles. The molecule has 0 bridgehead atoms. The zero-order valence-corrected chi connectivity index (χ0v) is 7.62. The van der Waals surface area contributed by atoms with E-state index >= 15 is 0 Å². The van der Waals surface area contributed by atoms with Crippen LogP contribution < -0.4 is 5.73 Å². The lowest BCUT2D eigenvalue weighted by molar-refractivity contribution is -0.121. The predicted molar refractivity (Wildman–Crippen MR) is 49.8 cm³/mol. The van der Waals surface area contributed by atoms with Gasteiger partial charge in [0, 0.05) is 5.57 Å². The predicted octanol–water partition coefficient (Wildman–Crippen LogP) is 0.953. The highest BCUT2D eigenvalue weighted by Crippen LogP contribution is 2.21. The molecule has 1 aliphatic rings. The Kier molecular flexibility index (Phi) is 3.01. The molecule has 0 spiro atoms. The molecule has 1 unspecified atom stereocenters. The molecular weight excluding hydrogens is 166 g/mol. The van der Waals surface area contributed by atoms with Crippen LogP contribution in [0.1, 0.15) is 19.8 Å². The van der Waals surface area contributed by atoms with Gasteiger partial charge in [0.2, 0.25) is 5.91 Å². The molecule has 0 saturated heterocycles. The van der Waals surface area contributed by atoms with Gasteiger partial charge >= 0.3 is 0 Å². The fourth-order valence-electron chi connectivity index (χ4n) is 1.47. The quantitative estimate of drug-likeness (QED) is 0.701. The Morgan fingerprint density at radius 3 is 2.85 bits per heavy atom. The van der Waals surface area contributed by atoms with Crippen molar-refractivity contribution >= 4 is 11.7 Å². The number of ketones is 1. The van der Waals surface area contributed by atoms with E-state index in [0.29, 0.717) is 12.0 Å². The second-order valence-corrected chi connectivity index (χ2v) is 3.09. The van der Waals surface area contributed by atoms with E-state index < -0.39 is 5.91 Å². The minimum atomic E-state index is -0.490. The van der Waals surface area contributed by atoms with Crippen LogP contribution in [-0.4, -0.2) is 11.7 Å². The molecule has 3 heteroatoms. The number of allylic oxidation sites excluding steroid dienone is 3. The molecule has 0 radical (unpaired) electrons. The van der Waals surface area contributed by atoms with E-state index in [1.54, 1.807) is 12.2 Å². The maximum absolute atomic E-state index is 11.4. The normalized spacial score (nSPS) is 21.5. The Morgan fingerprint density at radius 1 is 1.62 bits per heavy atom. The fourth-order valence-corrected chi connectivity index (χ4v) is 1.47. The topological polar surface area (TPSA) is 60.2 Å². The number of hydrogen-bond acceptors (Lipinski definition) is 2. The lowest BCUT2D eigenvalue weighted by atomic mass is 9.86. The summed E-state index contributed by atoms with van der Waals surface area (Å²) < 4.78 is 0. The van der Waals surface area contributed by atoms with Gasteiger partial charge in [-0.25, -0.2) is 0 Å². The van der Waals surface area contributed by atoms with Gasteiger partial charge in [0.1, 0.15) is 0 Å². The van der Waals surface area contributed by atoms with Crippen LogP contribution in [0.2, 0.25) is 0 Å². The third-order valence-electron chi connectivity index (χ3n) is 2.12. The molecule has 0 fully saturated rings. The first-order valence-electron chi connectivity index (χ1n) is 4.38.